The van der Waals surface area contributed by atoms with Crippen molar-refractivity contribution in [3.63, 3.8) is 0 Å². The maximum atomic E-state index is 13.3. The molecular formula is C18H22N3O6P. The van der Waals surface area contributed by atoms with E-state index >= 15 is 0 Å². The number of rotatable bonds is 9. The second-order valence-electron chi connectivity index (χ2n) is 5.59. The molecule has 1 atom stereocenters. The van der Waals surface area contributed by atoms with Crippen LogP contribution in [0, 0.1) is 10.1 Å². The number of nitro groups is 1. The highest BCUT2D eigenvalue weighted by Gasteiger charge is 2.38. The number of amides is 2. The average molecular weight is 407 g/mol. The molecule has 0 fully saturated rings. The maximum Gasteiger partial charge on any atom is 0.357 e. The summed E-state index contributed by atoms with van der Waals surface area (Å²) in [6, 6.07) is 13.4. The van der Waals surface area contributed by atoms with Gasteiger partial charge in [-0.1, -0.05) is 30.3 Å². The zero-order chi connectivity index (χ0) is 20.6. The molecule has 2 aromatic carbocycles. The normalized spacial score (nSPS) is 12.2. The number of benzene rings is 2. The molecule has 10 heteroatoms. The van der Waals surface area contributed by atoms with Gasteiger partial charge in [0.1, 0.15) is 0 Å². The topological polar surface area (TPSA) is 120 Å². The van der Waals surface area contributed by atoms with Crippen molar-refractivity contribution in [2.24, 2.45) is 0 Å². The van der Waals surface area contributed by atoms with Crippen LogP contribution in [0.3, 0.4) is 0 Å². The second-order valence-corrected chi connectivity index (χ2v) is 7.70. The molecule has 0 aliphatic carbocycles. The highest BCUT2D eigenvalue weighted by atomic mass is 31.2. The highest BCUT2D eigenvalue weighted by Crippen LogP contribution is 2.59. The molecule has 2 rings (SSSR count). The van der Waals surface area contributed by atoms with E-state index in [-0.39, 0.29) is 18.9 Å². The Morgan fingerprint density at radius 2 is 1.64 bits per heavy atom. The molecule has 2 amide bonds. The molecule has 0 radical (unpaired) electrons. The Hall–Kier alpha value is -2.74. The van der Waals surface area contributed by atoms with Gasteiger partial charge in [-0.05, 0) is 31.5 Å². The van der Waals surface area contributed by atoms with Crippen LogP contribution < -0.4 is 10.6 Å². The van der Waals surface area contributed by atoms with Gasteiger partial charge < -0.3 is 19.7 Å². The second kappa shape index (κ2) is 9.98. The average Bonchev–Trinajstić information content (AvgIpc) is 2.67. The monoisotopic (exact) mass is 407 g/mol. The van der Waals surface area contributed by atoms with Crippen LogP contribution in [-0.4, -0.2) is 24.2 Å². The first-order chi connectivity index (χ1) is 13.4. The summed E-state index contributed by atoms with van der Waals surface area (Å²) in [5.41, 5.74) is 0.814. The fourth-order valence-electron chi connectivity index (χ4n) is 2.48. The van der Waals surface area contributed by atoms with E-state index in [4.69, 9.17) is 9.05 Å². The van der Waals surface area contributed by atoms with Crippen LogP contribution in [0.2, 0.25) is 0 Å². The van der Waals surface area contributed by atoms with Crippen LogP contribution in [-0.2, 0) is 13.6 Å². The Labute approximate surface area is 162 Å². The minimum atomic E-state index is -3.69. The summed E-state index contributed by atoms with van der Waals surface area (Å²) in [6.45, 7) is 3.66. The van der Waals surface area contributed by atoms with Crippen LogP contribution >= 0.6 is 7.60 Å². The minimum Gasteiger partial charge on any atom is -0.320 e. The first-order valence-electron chi connectivity index (χ1n) is 8.65. The predicted octanol–water partition coefficient (Wildman–Crippen LogP) is 4.68. The molecule has 150 valence electrons. The highest BCUT2D eigenvalue weighted by molar-refractivity contribution is 7.54. The van der Waals surface area contributed by atoms with Crippen molar-refractivity contribution >= 4 is 25.0 Å². The minimum absolute atomic E-state index is 0.0923. The van der Waals surface area contributed by atoms with Crippen LogP contribution in [0.15, 0.2) is 54.6 Å². The van der Waals surface area contributed by atoms with Crippen LogP contribution in [0.4, 0.5) is 16.2 Å². The molecule has 2 aromatic rings. The summed E-state index contributed by atoms with van der Waals surface area (Å²) in [4.78, 5) is 22.7. The SMILES string of the molecule is CCOP(=O)(OCC)C(NC(=O)Nc1ccc([N+](=O)[O-])cc1)c1ccccc1. The Morgan fingerprint density at radius 1 is 1.07 bits per heavy atom. The van der Waals surface area contributed by atoms with Crippen molar-refractivity contribution < 1.29 is 23.3 Å². The van der Waals surface area contributed by atoms with Gasteiger partial charge in [-0.3, -0.25) is 14.7 Å². The number of nitro benzene ring substituents is 1. The lowest BCUT2D eigenvalue weighted by atomic mass is 10.2. The van der Waals surface area contributed by atoms with Crippen molar-refractivity contribution in [2.75, 3.05) is 18.5 Å². The fraction of sp³-hybridized carbons (Fsp3) is 0.278. The number of hydrogen-bond donors (Lipinski definition) is 2. The zero-order valence-electron chi connectivity index (χ0n) is 15.5. The Kier molecular flexibility index (Phi) is 7.69. The molecule has 1 unspecified atom stereocenters. The summed E-state index contributed by atoms with van der Waals surface area (Å²) in [7, 11) is -3.69. The van der Waals surface area contributed by atoms with Gasteiger partial charge in [0.25, 0.3) is 5.69 Å². The number of nitrogens with one attached hydrogen (secondary N) is 2. The fourth-order valence-corrected chi connectivity index (χ4v) is 4.39. The van der Waals surface area contributed by atoms with Gasteiger partial charge in [0.2, 0.25) is 0 Å². The molecule has 0 aromatic heterocycles. The number of anilines is 1. The van der Waals surface area contributed by atoms with Gasteiger partial charge in [-0.2, -0.15) is 0 Å². The van der Waals surface area contributed by atoms with E-state index in [9.17, 15) is 19.5 Å². The molecule has 0 saturated carbocycles. The molecule has 2 N–H and O–H groups in total. The van der Waals surface area contributed by atoms with Crippen molar-refractivity contribution in [3.05, 3.63) is 70.3 Å². The molecule has 0 aliphatic heterocycles. The van der Waals surface area contributed by atoms with E-state index < -0.39 is 24.3 Å². The molecule has 0 bridgehead atoms. The molecule has 0 spiro atoms. The molecule has 0 heterocycles. The van der Waals surface area contributed by atoms with E-state index in [1.807, 2.05) is 0 Å². The van der Waals surface area contributed by atoms with Crippen molar-refractivity contribution in [1.82, 2.24) is 5.32 Å². The molecule has 0 saturated heterocycles. The number of hydrogen-bond acceptors (Lipinski definition) is 6. The number of carbonyl (C=O) groups excluding carboxylic acids is 1. The largest absolute Gasteiger partial charge is 0.357 e. The van der Waals surface area contributed by atoms with E-state index in [1.165, 1.54) is 24.3 Å². The first kappa shape index (κ1) is 21.6. The predicted molar refractivity (Wildman–Crippen MR) is 105 cm³/mol. The first-order valence-corrected chi connectivity index (χ1v) is 10.3. The third kappa shape index (κ3) is 5.63. The maximum absolute atomic E-state index is 13.3. The van der Waals surface area contributed by atoms with E-state index in [0.717, 1.165) is 0 Å². The summed E-state index contributed by atoms with van der Waals surface area (Å²) in [6.07, 6.45) is 0. The summed E-state index contributed by atoms with van der Waals surface area (Å²) in [5, 5.41) is 15.9. The van der Waals surface area contributed by atoms with Crippen molar-refractivity contribution in [1.29, 1.82) is 0 Å². The van der Waals surface area contributed by atoms with E-state index in [2.05, 4.69) is 10.6 Å². The molecular weight excluding hydrogens is 385 g/mol. The van der Waals surface area contributed by atoms with E-state index in [0.29, 0.717) is 11.3 Å². The number of urea groups is 1. The smallest absolute Gasteiger partial charge is 0.320 e. The van der Waals surface area contributed by atoms with Gasteiger partial charge in [0.05, 0.1) is 18.1 Å². The molecule has 0 aliphatic rings. The standard InChI is InChI=1S/C18H22N3O6P/c1-3-26-28(25,27-4-2)17(14-8-6-5-7-9-14)20-18(22)19-15-10-12-16(13-11-15)21(23)24/h5-13,17H,3-4H2,1-2H3,(H2,19,20,22). The lowest BCUT2D eigenvalue weighted by Gasteiger charge is -2.27. The Bertz CT molecular complexity index is 834. The van der Waals surface area contributed by atoms with Gasteiger partial charge in [-0.15, -0.1) is 0 Å². The summed E-state index contributed by atoms with van der Waals surface area (Å²) in [5.74, 6) is -1.02. The number of carbonyl (C=O) groups is 1. The molecule has 28 heavy (non-hydrogen) atoms. The third-order valence-corrected chi connectivity index (χ3v) is 5.95. The number of non-ortho nitro benzene ring substituents is 1. The summed E-state index contributed by atoms with van der Waals surface area (Å²) < 4.78 is 24.1. The van der Waals surface area contributed by atoms with Gasteiger partial charge in [0.15, 0.2) is 5.78 Å². The van der Waals surface area contributed by atoms with E-state index in [1.54, 1.807) is 44.2 Å². The van der Waals surface area contributed by atoms with Crippen molar-refractivity contribution in [3.8, 4) is 0 Å². The van der Waals surface area contributed by atoms with Gasteiger partial charge in [-0.25, -0.2) is 4.79 Å². The zero-order valence-corrected chi connectivity index (χ0v) is 16.4. The summed E-state index contributed by atoms with van der Waals surface area (Å²) >= 11 is 0. The third-order valence-electron chi connectivity index (χ3n) is 3.65. The quantitative estimate of drug-likeness (QED) is 0.354. The van der Waals surface area contributed by atoms with Crippen molar-refractivity contribution in [2.45, 2.75) is 19.6 Å². The van der Waals surface area contributed by atoms with Gasteiger partial charge in [0, 0.05) is 17.8 Å². The Balaban J connectivity index is 2.22. The lowest BCUT2D eigenvalue weighted by molar-refractivity contribution is -0.384. The Morgan fingerprint density at radius 3 is 2.14 bits per heavy atom. The van der Waals surface area contributed by atoms with Gasteiger partial charge >= 0.3 is 13.6 Å². The van der Waals surface area contributed by atoms with Crippen LogP contribution in [0.5, 0.6) is 0 Å². The molecule has 9 nitrogen and oxygen atoms in total. The lowest BCUT2D eigenvalue weighted by Crippen LogP contribution is -2.33. The van der Waals surface area contributed by atoms with Crippen LogP contribution in [0.25, 0.3) is 0 Å². The number of nitrogens with zero attached hydrogens (tertiary/aromatic N) is 1. The van der Waals surface area contributed by atoms with Crippen LogP contribution in [0.1, 0.15) is 25.2 Å².